The lowest BCUT2D eigenvalue weighted by molar-refractivity contribution is 0.321. The molecule has 0 atom stereocenters. The van der Waals surface area contributed by atoms with Crippen LogP contribution in [0.3, 0.4) is 0 Å². The first-order valence-corrected chi connectivity index (χ1v) is 3.08. The van der Waals surface area contributed by atoms with Crippen molar-refractivity contribution < 1.29 is 9.94 Å². The zero-order chi connectivity index (χ0) is 8.97. The highest BCUT2D eigenvalue weighted by Crippen LogP contribution is 2.03. The van der Waals surface area contributed by atoms with Crippen LogP contribution in [0.15, 0.2) is 16.3 Å². The summed E-state index contributed by atoms with van der Waals surface area (Å²) in [6.07, 6.45) is 2.22. The summed E-state index contributed by atoms with van der Waals surface area (Å²) in [5.41, 5.74) is -0.230. The highest BCUT2D eigenvalue weighted by molar-refractivity contribution is 5.79. The van der Waals surface area contributed by atoms with E-state index in [1.807, 2.05) is 0 Å². The average Bonchev–Trinajstić information content (AvgIpc) is 2.05. The van der Waals surface area contributed by atoms with Crippen molar-refractivity contribution in [2.24, 2.45) is 5.16 Å². The number of hydrogen-bond donors (Lipinski definition) is 2. The topological polar surface area (TPSA) is 87.6 Å². The monoisotopic (exact) mass is 169 g/mol. The fraction of sp³-hybridized carbons (Fsp3) is 0.167. The summed E-state index contributed by atoms with van der Waals surface area (Å²) in [6.45, 7) is 0. The van der Waals surface area contributed by atoms with Gasteiger partial charge in [-0.3, -0.25) is 4.79 Å². The second-order valence-corrected chi connectivity index (χ2v) is 1.89. The molecule has 1 rings (SSSR count). The molecule has 0 aliphatic heterocycles. The van der Waals surface area contributed by atoms with E-state index in [2.05, 4.69) is 15.1 Å². The Morgan fingerprint density at radius 2 is 2.58 bits per heavy atom. The SMILES string of the molecule is COc1c(/C=N\O)nc[nH]c1=O. The third-order valence-electron chi connectivity index (χ3n) is 1.22. The number of aromatic amines is 1. The molecule has 0 aliphatic rings. The fourth-order valence-corrected chi connectivity index (χ4v) is 0.745. The van der Waals surface area contributed by atoms with E-state index in [4.69, 9.17) is 9.94 Å². The Bertz CT molecular complexity index is 344. The number of rotatable bonds is 2. The summed E-state index contributed by atoms with van der Waals surface area (Å²) in [7, 11) is 1.33. The van der Waals surface area contributed by atoms with E-state index >= 15 is 0 Å². The molecule has 0 unspecified atom stereocenters. The van der Waals surface area contributed by atoms with Gasteiger partial charge in [0.15, 0.2) is 0 Å². The summed E-state index contributed by atoms with van der Waals surface area (Å²) in [4.78, 5) is 17.0. The Hall–Kier alpha value is -1.85. The maximum absolute atomic E-state index is 11.0. The molecule has 0 amide bonds. The normalized spacial score (nSPS) is 10.4. The van der Waals surface area contributed by atoms with Gasteiger partial charge >= 0.3 is 0 Å². The van der Waals surface area contributed by atoms with Crippen LogP contribution < -0.4 is 10.3 Å². The quantitative estimate of drug-likeness (QED) is 0.358. The third kappa shape index (κ3) is 1.42. The Morgan fingerprint density at radius 1 is 1.83 bits per heavy atom. The van der Waals surface area contributed by atoms with Crippen LogP contribution in [0.5, 0.6) is 5.75 Å². The predicted molar refractivity (Wildman–Crippen MR) is 40.8 cm³/mol. The van der Waals surface area contributed by atoms with Crippen molar-refractivity contribution in [1.82, 2.24) is 9.97 Å². The number of nitrogens with zero attached hydrogens (tertiary/aromatic N) is 2. The van der Waals surface area contributed by atoms with Gasteiger partial charge in [-0.2, -0.15) is 0 Å². The van der Waals surface area contributed by atoms with Gasteiger partial charge in [-0.05, 0) is 0 Å². The molecule has 0 spiro atoms. The summed E-state index contributed by atoms with van der Waals surface area (Å²) in [5, 5.41) is 10.9. The van der Waals surface area contributed by atoms with Gasteiger partial charge in [0.2, 0.25) is 5.75 Å². The van der Waals surface area contributed by atoms with Gasteiger partial charge < -0.3 is 14.9 Å². The summed E-state index contributed by atoms with van der Waals surface area (Å²) < 4.78 is 4.72. The van der Waals surface area contributed by atoms with Gasteiger partial charge in [0.1, 0.15) is 5.69 Å². The van der Waals surface area contributed by atoms with Gasteiger partial charge in [-0.15, -0.1) is 0 Å². The number of methoxy groups -OCH3 is 1. The molecule has 6 heteroatoms. The van der Waals surface area contributed by atoms with Gasteiger partial charge in [-0.25, -0.2) is 4.98 Å². The number of hydrogen-bond acceptors (Lipinski definition) is 5. The molecule has 1 heterocycles. The lowest BCUT2D eigenvalue weighted by atomic mass is 10.4. The molecular formula is C6H7N3O3. The van der Waals surface area contributed by atoms with E-state index in [1.54, 1.807) is 0 Å². The minimum Gasteiger partial charge on any atom is -0.490 e. The van der Waals surface area contributed by atoms with Crippen LogP contribution in [-0.4, -0.2) is 28.5 Å². The Labute approximate surface area is 67.5 Å². The van der Waals surface area contributed by atoms with Gasteiger partial charge in [-0.1, -0.05) is 5.16 Å². The number of H-pyrrole nitrogens is 1. The van der Waals surface area contributed by atoms with E-state index < -0.39 is 5.56 Å². The Balaban J connectivity index is 3.27. The second kappa shape index (κ2) is 3.51. The largest absolute Gasteiger partial charge is 0.490 e. The molecule has 0 bridgehead atoms. The minimum atomic E-state index is -0.414. The zero-order valence-corrected chi connectivity index (χ0v) is 6.31. The van der Waals surface area contributed by atoms with Crippen LogP contribution >= 0.6 is 0 Å². The lowest BCUT2D eigenvalue weighted by Gasteiger charge is -1.98. The molecule has 2 N–H and O–H groups in total. The first-order valence-electron chi connectivity index (χ1n) is 3.08. The van der Waals surface area contributed by atoms with Crippen molar-refractivity contribution in [1.29, 1.82) is 0 Å². The van der Waals surface area contributed by atoms with E-state index in [1.165, 1.54) is 13.4 Å². The predicted octanol–water partition coefficient (Wildman–Crippen LogP) is -0.413. The molecule has 0 radical (unpaired) electrons. The molecule has 6 nitrogen and oxygen atoms in total. The average molecular weight is 169 g/mol. The first kappa shape index (κ1) is 8.25. The lowest BCUT2D eigenvalue weighted by Crippen LogP contribution is -2.12. The molecule has 1 aromatic rings. The molecule has 0 saturated heterocycles. The highest BCUT2D eigenvalue weighted by Gasteiger charge is 2.05. The summed E-state index contributed by atoms with van der Waals surface area (Å²) in [5.74, 6) is 0.0234. The molecule has 0 aromatic carbocycles. The molecule has 0 saturated carbocycles. The van der Waals surface area contributed by atoms with Crippen LogP contribution in [-0.2, 0) is 0 Å². The standard InChI is InChI=1S/C6H7N3O3/c1-12-5-4(2-9-11)7-3-8-6(5)10/h2-3,11H,1H3,(H,7,8,10)/b9-2-. The van der Waals surface area contributed by atoms with Gasteiger partial charge in [0.25, 0.3) is 5.56 Å². The molecule has 12 heavy (non-hydrogen) atoms. The van der Waals surface area contributed by atoms with Crippen molar-refractivity contribution in [3.8, 4) is 5.75 Å². The van der Waals surface area contributed by atoms with Crippen LogP contribution in [0.4, 0.5) is 0 Å². The van der Waals surface area contributed by atoms with Crippen molar-refractivity contribution >= 4 is 6.21 Å². The molecule has 0 fully saturated rings. The van der Waals surface area contributed by atoms with Crippen LogP contribution in [0.25, 0.3) is 0 Å². The molecule has 1 aromatic heterocycles. The van der Waals surface area contributed by atoms with Crippen molar-refractivity contribution in [2.45, 2.75) is 0 Å². The zero-order valence-electron chi connectivity index (χ0n) is 6.31. The fourth-order valence-electron chi connectivity index (χ4n) is 0.745. The first-order chi connectivity index (χ1) is 5.79. The minimum absolute atomic E-state index is 0.0234. The molecule has 0 aliphatic carbocycles. The summed E-state index contributed by atoms with van der Waals surface area (Å²) in [6, 6.07) is 0. The van der Waals surface area contributed by atoms with Crippen molar-refractivity contribution in [2.75, 3.05) is 7.11 Å². The molecule has 64 valence electrons. The third-order valence-corrected chi connectivity index (χ3v) is 1.22. The van der Waals surface area contributed by atoms with E-state index in [9.17, 15) is 4.79 Å². The van der Waals surface area contributed by atoms with Gasteiger partial charge in [0, 0.05) is 0 Å². The Morgan fingerprint density at radius 3 is 3.17 bits per heavy atom. The van der Waals surface area contributed by atoms with E-state index in [-0.39, 0.29) is 11.4 Å². The van der Waals surface area contributed by atoms with Gasteiger partial charge in [0.05, 0.1) is 19.7 Å². The van der Waals surface area contributed by atoms with Crippen molar-refractivity contribution in [3.05, 3.63) is 22.4 Å². The number of oxime groups is 1. The number of nitrogens with one attached hydrogen (secondary N) is 1. The summed E-state index contributed by atoms with van der Waals surface area (Å²) >= 11 is 0. The van der Waals surface area contributed by atoms with E-state index in [0.717, 1.165) is 6.21 Å². The van der Waals surface area contributed by atoms with Crippen molar-refractivity contribution in [3.63, 3.8) is 0 Å². The number of aromatic nitrogens is 2. The van der Waals surface area contributed by atoms with Crippen LogP contribution in [0, 0.1) is 0 Å². The smallest absolute Gasteiger partial charge is 0.293 e. The maximum Gasteiger partial charge on any atom is 0.293 e. The highest BCUT2D eigenvalue weighted by atomic mass is 16.5. The second-order valence-electron chi connectivity index (χ2n) is 1.89. The van der Waals surface area contributed by atoms with E-state index in [0.29, 0.717) is 0 Å². The number of ether oxygens (including phenoxy) is 1. The molecular weight excluding hydrogens is 162 g/mol. The van der Waals surface area contributed by atoms with Crippen LogP contribution in [0.1, 0.15) is 5.69 Å². The Kier molecular flexibility index (Phi) is 2.42. The van der Waals surface area contributed by atoms with Crippen LogP contribution in [0.2, 0.25) is 0 Å². The maximum atomic E-state index is 11.0.